The Kier molecular flexibility index (Phi) is 4.98. The normalized spacial score (nSPS) is 16.6. The fourth-order valence-electron chi connectivity index (χ4n) is 4.55. The third kappa shape index (κ3) is 3.50. The number of benzene rings is 1. The lowest BCUT2D eigenvalue weighted by atomic mass is 9.95. The molecule has 4 heterocycles. The van der Waals surface area contributed by atoms with Gasteiger partial charge in [-0.25, -0.2) is 4.98 Å². The number of rotatable bonds is 4. The minimum absolute atomic E-state index is 0.00443. The smallest absolute Gasteiger partial charge is 0.261 e. The highest BCUT2D eigenvalue weighted by molar-refractivity contribution is 7.98. The highest BCUT2D eigenvalue weighted by atomic mass is 32.2. The topological polar surface area (TPSA) is 83.5 Å². The molecule has 1 aliphatic carbocycles. The van der Waals surface area contributed by atoms with Gasteiger partial charge in [-0.2, -0.15) is 9.50 Å². The molecule has 0 bridgehead atoms. The van der Waals surface area contributed by atoms with Crippen LogP contribution in [0.25, 0.3) is 16.7 Å². The van der Waals surface area contributed by atoms with Crippen LogP contribution in [0.2, 0.25) is 0 Å². The molecule has 32 heavy (non-hydrogen) atoms. The van der Waals surface area contributed by atoms with Crippen molar-refractivity contribution < 1.29 is 9.47 Å². The molecule has 0 amide bonds. The second-order valence-electron chi connectivity index (χ2n) is 8.25. The molecule has 3 aromatic heterocycles. The molecule has 9 heteroatoms. The molecule has 0 unspecified atom stereocenters. The minimum Gasteiger partial charge on any atom is -0.486 e. The van der Waals surface area contributed by atoms with Crippen LogP contribution < -0.4 is 15.0 Å². The zero-order valence-electron chi connectivity index (χ0n) is 17.6. The quantitative estimate of drug-likeness (QED) is 0.435. The van der Waals surface area contributed by atoms with Crippen LogP contribution in [-0.4, -0.2) is 37.4 Å². The van der Waals surface area contributed by atoms with Crippen LogP contribution in [0.5, 0.6) is 11.5 Å². The Labute approximate surface area is 188 Å². The van der Waals surface area contributed by atoms with E-state index < -0.39 is 0 Å². The highest BCUT2D eigenvalue weighted by Gasteiger charge is 2.19. The SMILES string of the molecule is O=c1c2cnc3nc(SCc4ccc5c(c4)OCCO5)nn3c2ccn1C1CCCCC1. The summed E-state index contributed by atoms with van der Waals surface area (Å²) in [7, 11) is 0. The standard InChI is InChI=1S/C23H23N5O3S/c29-21-17-13-24-22-25-23(32-14-15-6-7-19-20(12-15)31-11-10-30-19)26-28(22)18(17)8-9-27(21)16-4-2-1-3-5-16/h6-9,12-13,16H,1-5,10-11,14H2. The Hall–Kier alpha value is -3.07. The molecule has 0 spiro atoms. The van der Waals surface area contributed by atoms with Gasteiger partial charge >= 0.3 is 0 Å². The second-order valence-corrected chi connectivity index (χ2v) is 9.19. The van der Waals surface area contributed by atoms with E-state index in [-0.39, 0.29) is 11.6 Å². The van der Waals surface area contributed by atoms with Gasteiger partial charge < -0.3 is 14.0 Å². The lowest BCUT2D eigenvalue weighted by Crippen LogP contribution is -2.26. The maximum Gasteiger partial charge on any atom is 0.261 e. The largest absolute Gasteiger partial charge is 0.486 e. The van der Waals surface area contributed by atoms with E-state index in [0.29, 0.717) is 35.3 Å². The van der Waals surface area contributed by atoms with E-state index in [1.54, 1.807) is 10.7 Å². The van der Waals surface area contributed by atoms with E-state index in [1.807, 2.05) is 35.0 Å². The summed E-state index contributed by atoms with van der Waals surface area (Å²) in [6.07, 6.45) is 9.28. The van der Waals surface area contributed by atoms with Gasteiger partial charge in [-0.1, -0.05) is 37.1 Å². The van der Waals surface area contributed by atoms with Crippen LogP contribution in [0.15, 0.2) is 46.6 Å². The average molecular weight is 450 g/mol. The first kappa shape index (κ1) is 19.6. The average Bonchev–Trinajstić information content (AvgIpc) is 3.27. The van der Waals surface area contributed by atoms with E-state index in [4.69, 9.17) is 9.47 Å². The third-order valence-corrected chi connectivity index (χ3v) is 7.09. The zero-order valence-corrected chi connectivity index (χ0v) is 18.4. The first-order valence-electron chi connectivity index (χ1n) is 11.0. The molecule has 2 aliphatic rings. The number of hydrogen-bond donors (Lipinski definition) is 0. The third-order valence-electron chi connectivity index (χ3n) is 6.18. The number of pyridine rings is 1. The van der Waals surface area contributed by atoms with Crippen molar-refractivity contribution in [2.24, 2.45) is 0 Å². The Morgan fingerprint density at radius 2 is 1.91 bits per heavy atom. The number of nitrogens with zero attached hydrogens (tertiary/aromatic N) is 5. The van der Waals surface area contributed by atoms with Crippen molar-refractivity contribution in [3.05, 3.63) is 52.6 Å². The Bertz CT molecular complexity index is 1360. The van der Waals surface area contributed by atoms with Gasteiger partial charge in [0.1, 0.15) is 13.2 Å². The van der Waals surface area contributed by atoms with Gasteiger partial charge in [0.05, 0.1) is 10.9 Å². The Morgan fingerprint density at radius 1 is 1.06 bits per heavy atom. The maximum absolute atomic E-state index is 13.1. The van der Waals surface area contributed by atoms with E-state index in [2.05, 4.69) is 15.1 Å². The van der Waals surface area contributed by atoms with Gasteiger partial charge in [0.15, 0.2) is 11.5 Å². The van der Waals surface area contributed by atoms with Crippen molar-refractivity contribution >= 4 is 28.4 Å². The van der Waals surface area contributed by atoms with Crippen molar-refractivity contribution in [2.45, 2.75) is 49.1 Å². The van der Waals surface area contributed by atoms with E-state index >= 15 is 0 Å². The van der Waals surface area contributed by atoms with Gasteiger partial charge in [0.25, 0.3) is 11.3 Å². The summed E-state index contributed by atoms with van der Waals surface area (Å²) in [5.74, 6) is 2.75. The van der Waals surface area contributed by atoms with Gasteiger partial charge in [-0.05, 0) is 36.6 Å². The van der Waals surface area contributed by atoms with Crippen molar-refractivity contribution in [1.29, 1.82) is 0 Å². The van der Waals surface area contributed by atoms with Gasteiger partial charge in [-0.3, -0.25) is 4.79 Å². The fourth-order valence-corrected chi connectivity index (χ4v) is 5.31. The summed E-state index contributed by atoms with van der Waals surface area (Å²) in [5.41, 5.74) is 1.85. The molecule has 8 nitrogen and oxygen atoms in total. The summed E-state index contributed by atoms with van der Waals surface area (Å²) in [6.45, 7) is 1.15. The predicted molar refractivity (Wildman–Crippen MR) is 122 cm³/mol. The first-order valence-corrected chi connectivity index (χ1v) is 12.0. The van der Waals surface area contributed by atoms with Crippen LogP contribution in [0, 0.1) is 0 Å². The van der Waals surface area contributed by atoms with Crippen molar-refractivity contribution in [2.75, 3.05) is 13.2 Å². The van der Waals surface area contributed by atoms with Crippen LogP contribution in [0.1, 0.15) is 43.7 Å². The lowest BCUT2D eigenvalue weighted by molar-refractivity contribution is 0.171. The number of aromatic nitrogens is 5. The fraction of sp³-hybridized carbons (Fsp3) is 0.391. The van der Waals surface area contributed by atoms with Crippen LogP contribution in [0.3, 0.4) is 0 Å². The summed E-state index contributed by atoms with van der Waals surface area (Å²) in [5, 5.41) is 5.83. The van der Waals surface area contributed by atoms with E-state index in [1.165, 1.54) is 31.0 Å². The lowest BCUT2D eigenvalue weighted by Gasteiger charge is -2.24. The molecule has 0 saturated heterocycles. The number of hydrogen-bond acceptors (Lipinski definition) is 7. The number of ether oxygens (including phenoxy) is 2. The van der Waals surface area contributed by atoms with Crippen LogP contribution in [-0.2, 0) is 5.75 Å². The molecule has 0 N–H and O–H groups in total. The van der Waals surface area contributed by atoms with Crippen molar-refractivity contribution in [3.8, 4) is 11.5 Å². The van der Waals surface area contributed by atoms with Crippen molar-refractivity contribution in [3.63, 3.8) is 0 Å². The highest BCUT2D eigenvalue weighted by Crippen LogP contribution is 2.33. The molecule has 0 atom stereocenters. The summed E-state index contributed by atoms with van der Waals surface area (Å²) in [6, 6.07) is 8.21. The van der Waals surface area contributed by atoms with Crippen LogP contribution in [0.4, 0.5) is 0 Å². The summed E-state index contributed by atoms with van der Waals surface area (Å²) in [4.78, 5) is 22.1. The number of thioether (sulfide) groups is 1. The summed E-state index contributed by atoms with van der Waals surface area (Å²) < 4.78 is 14.8. The molecule has 6 rings (SSSR count). The molecule has 1 fully saturated rings. The molecular formula is C23H23N5O3S. The van der Waals surface area contributed by atoms with E-state index in [9.17, 15) is 4.79 Å². The molecule has 4 aromatic rings. The molecule has 1 aromatic carbocycles. The summed E-state index contributed by atoms with van der Waals surface area (Å²) >= 11 is 1.53. The van der Waals surface area contributed by atoms with Gasteiger partial charge in [-0.15, -0.1) is 5.10 Å². The van der Waals surface area contributed by atoms with Gasteiger partial charge in [0.2, 0.25) is 5.16 Å². The Morgan fingerprint density at radius 3 is 2.78 bits per heavy atom. The first-order chi connectivity index (χ1) is 15.8. The molecule has 0 radical (unpaired) electrons. The Balaban J connectivity index is 1.28. The molecule has 1 saturated carbocycles. The second kappa shape index (κ2) is 8.12. The minimum atomic E-state index is 0.00443. The van der Waals surface area contributed by atoms with Gasteiger partial charge in [0, 0.05) is 24.2 Å². The monoisotopic (exact) mass is 449 g/mol. The molecular weight excluding hydrogens is 426 g/mol. The molecule has 1 aliphatic heterocycles. The van der Waals surface area contributed by atoms with E-state index in [0.717, 1.165) is 35.4 Å². The van der Waals surface area contributed by atoms with Crippen molar-refractivity contribution in [1.82, 2.24) is 24.1 Å². The van der Waals surface area contributed by atoms with Crippen LogP contribution >= 0.6 is 11.8 Å². The molecule has 164 valence electrons. The predicted octanol–water partition coefficient (Wildman–Crippen LogP) is 4.01. The number of fused-ring (bicyclic) bond motifs is 4. The zero-order chi connectivity index (χ0) is 21.5. The maximum atomic E-state index is 13.1.